The van der Waals surface area contributed by atoms with E-state index in [1.54, 1.807) is 13.2 Å². The van der Waals surface area contributed by atoms with Crippen molar-refractivity contribution in [3.05, 3.63) is 58.1 Å². The Bertz CT molecular complexity index is 642. The molecule has 0 saturated carbocycles. The first-order valence-corrected chi connectivity index (χ1v) is 6.59. The SMILES string of the molecule is COc1cc(CNc2c(C)cccc2Cl)ccc1C#N. The van der Waals surface area contributed by atoms with Crippen LogP contribution in [-0.2, 0) is 6.54 Å². The quantitative estimate of drug-likeness (QED) is 0.919. The van der Waals surface area contributed by atoms with E-state index in [0.29, 0.717) is 22.9 Å². The van der Waals surface area contributed by atoms with Crippen LogP contribution in [0.4, 0.5) is 5.69 Å². The van der Waals surface area contributed by atoms with Gasteiger partial charge in [0, 0.05) is 6.54 Å². The molecule has 0 aromatic heterocycles. The number of nitrogens with zero attached hydrogens (tertiary/aromatic N) is 1. The van der Waals surface area contributed by atoms with Crippen molar-refractivity contribution in [3.63, 3.8) is 0 Å². The molecule has 0 amide bonds. The second kappa shape index (κ2) is 6.31. The predicted molar refractivity (Wildman–Crippen MR) is 81.2 cm³/mol. The molecule has 0 bridgehead atoms. The predicted octanol–water partition coefficient (Wildman–Crippen LogP) is 4.14. The Balaban J connectivity index is 2.18. The Kier molecular flexibility index (Phi) is 4.49. The van der Waals surface area contributed by atoms with Crippen LogP contribution in [0.1, 0.15) is 16.7 Å². The number of rotatable bonds is 4. The highest BCUT2D eigenvalue weighted by Crippen LogP contribution is 2.26. The van der Waals surface area contributed by atoms with Gasteiger partial charge in [0.15, 0.2) is 0 Å². The third kappa shape index (κ3) is 3.04. The van der Waals surface area contributed by atoms with Gasteiger partial charge in [0.2, 0.25) is 0 Å². The van der Waals surface area contributed by atoms with Gasteiger partial charge in [0.25, 0.3) is 0 Å². The van der Waals surface area contributed by atoms with Crippen molar-refractivity contribution < 1.29 is 4.74 Å². The summed E-state index contributed by atoms with van der Waals surface area (Å²) in [6.45, 7) is 2.63. The molecular formula is C16H15ClN2O. The topological polar surface area (TPSA) is 45.0 Å². The maximum Gasteiger partial charge on any atom is 0.136 e. The van der Waals surface area contributed by atoms with Gasteiger partial charge in [-0.3, -0.25) is 0 Å². The molecule has 2 rings (SSSR count). The fourth-order valence-electron chi connectivity index (χ4n) is 1.98. The van der Waals surface area contributed by atoms with Gasteiger partial charge in [0.1, 0.15) is 11.8 Å². The van der Waals surface area contributed by atoms with Crippen LogP contribution in [0.25, 0.3) is 0 Å². The van der Waals surface area contributed by atoms with Gasteiger partial charge >= 0.3 is 0 Å². The standard InChI is InChI=1S/C16H15ClN2O/c1-11-4-3-5-14(17)16(11)19-10-12-6-7-13(9-18)15(8-12)20-2/h3-8,19H,10H2,1-2H3. The minimum Gasteiger partial charge on any atom is -0.495 e. The van der Waals surface area contributed by atoms with E-state index >= 15 is 0 Å². The van der Waals surface area contributed by atoms with Crippen molar-refractivity contribution in [2.45, 2.75) is 13.5 Å². The van der Waals surface area contributed by atoms with Gasteiger partial charge in [-0.2, -0.15) is 5.26 Å². The number of halogens is 1. The Morgan fingerprint density at radius 3 is 2.75 bits per heavy atom. The summed E-state index contributed by atoms with van der Waals surface area (Å²) in [4.78, 5) is 0. The Morgan fingerprint density at radius 1 is 1.30 bits per heavy atom. The van der Waals surface area contributed by atoms with Gasteiger partial charge in [-0.1, -0.05) is 29.8 Å². The van der Waals surface area contributed by atoms with Crippen LogP contribution < -0.4 is 10.1 Å². The van der Waals surface area contributed by atoms with Crippen LogP contribution in [0, 0.1) is 18.3 Å². The molecule has 20 heavy (non-hydrogen) atoms. The molecular weight excluding hydrogens is 272 g/mol. The van der Waals surface area contributed by atoms with Crippen molar-refractivity contribution in [2.24, 2.45) is 0 Å². The molecule has 0 aliphatic carbocycles. The summed E-state index contributed by atoms with van der Waals surface area (Å²) in [6.07, 6.45) is 0. The lowest BCUT2D eigenvalue weighted by atomic mass is 10.1. The number of nitriles is 1. The number of methoxy groups -OCH3 is 1. The van der Waals surface area contributed by atoms with Gasteiger partial charge in [-0.05, 0) is 36.2 Å². The van der Waals surface area contributed by atoms with Gasteiger partial charge in [-0.25, -0.2) is 0 Å². The maximum atomic E-state index is 8.96. The summed E-state index contributed by atoms with van der Waals surface area (Å²) < 4.78 is 5.20. The lowest BCUT2D eigenvalue weighted by Gasteiger charge is -2.12. The summed E-state index contributed by atoms with van der Waals surface area (Å²) >= 11 is 6.17. The van der Waals surface area contributed by atoms with Gasteiger partial charge in [0.05, 0.1) is 23.4 Å². The largest absolute Gasteiger partial charge is 0.495 e. The summed E-state index contributed by atoms with van der Waals surface area (Å²) in [5.74, 6) is 0.586. The van der Waals surface area contributed by atoms with Crippen LogP contribution >= 0.6 is 11.6 Å². The highest BCUT2D eigenvalue weighted by Gasteiger charge is 2.06. The number of ether oxygens (including phenoxy) is 1. The van der Waals surface area contributed by atoms with Crippen molar-refractivity contribution in [1.29, 1.82) is 5.26 Å². The average Bonchev–Trinajstić information content (AvgIpc) is 2.46. The molecule has 2 aromatic rings. The fraction of sp³-hybridized carbons (Fsp3) is 0.188. The third-order valence-electron chi connectivity index (χ3n) is 3.08. The molecule has 0 radical (unpaired) electrons. The van der Waals surface area contributed by atoms with Crippen molar-refractivity contribution in [1.82, 2.24) is 0 Å². The lowest BCUT2D eigenvalue weighted by molar-refractivity contribution is 0.413. The van der Waals surface area contributed by atoms with E-state index in [2.05, 4.69) is 11.4 Å². The minimum absolute atomic E-state index is 0.533. The molecule has 2 aromatic carbocycles. The zero-order chi connectivity index (χ0) is 14.5. The third-order valence-corrected chi connectivity index (χ3v) is 3.39. The molecule has 0 aliphatic rings. The van der Waals surface area contributed by atoms with E-state index < -0.39 is 0 Å². The molecule has 3 nitrogen and oxygen atoms in total. The number of para-hydroxylation sites is 1. The summed E-state index contributed by atoms with van der Waals surface area (Å²) in [7, 11) is 1.56. The summed E-state index contributed by atoms with van der Waals surface area (Å²) in [5, 5.41) is 13.0. The minimum atomic E-state index is 0.533. The fourth-order valence-corrected chi connectivity index (χ4v) is 2.27. The van der Waals surface area contributed by atoms with E-state index in [0.717, 1.165) is 16.8 Å². The molecule has 0 unspecified atom stereocenters. The van der Waals surface area contributed by atoms with E-state index in [9.17, 15) is 0 Å². The molecule has 0 fully saturated rings. The molecule has 1 N–H and O–H groups in total. The number of benzene rings is 2. The van der Waals surface area contributed by atoms with Crippen molar-refractivity contribution in [2.75, 3.05) is 12.4 Å². The second-order valence-corrected chi connectivity index (χ2v) is 4.84. The maximum absolute atomic E-state index is 8.96. The molecule has 0 spiro atoms. The normalized spacial score (nSPS) is 9.90. The molecule has 102 valence electrons. The number of hydrogen-bond acceptors (Lipinski definition) is 3. The average molecular weight is 287 g/mol. The number of nitrogens with one attached hydrogen (secondary N) is 1. The zero-order valence-electron chi connectivity index (χ0n) is 11.4. The van der Waals surface area contributed by atoms with Crippen LogP contribution in [0.3, 0.4) is 0 Å². The highest BCUT2D eigenvalue weighted by atomic mass is 35.5. The van der Waals surface area contributed by atoms with Gasteiger partial charge < -0.3 is 10.1 Å². The molecule has 0 saturated heterocycles. The molecule has 4 heteroatoms. The van der Waals surface area contributed by atoms with Crippen LogP contribution in [-0.4, -0.2) is 7.11 Å². The van der Waals surface area contributed by atoms with Crippen molar-refractivity contribution >= 4 is 17.3 Å². The Hall–Kier alpha value is -2.18. The Labute approximate surface area is 123 Å². The van der Waals surface area contributed by atoms with Crippen molar-refractivity contribution in [3.8, 4) is 11.8 Å². The number of anilines is 1. The monoisotopic (exact) mass is 286 g/mol. The lowest BCUT2D eigenvalue weighted by Crippen LogP contribution is -2.02. The first-order chi connectivity index (χ1) is 9.65. The highest BCUT2D eigenvalue weighted by molar-refractivity contribution is 6.33. The number of aryl methyl sites for hydroxylation is 1. The molecule has 0 atom stereocenters. The summed E-state index contributed by atoms with van der Waals surface area (Å²) in [5.41, 5.74) is 3.58. The second-order valence-electron chi connectivity index (χ2n) is 4.43. The van der Waals surface area contributed by atoms with E-state index in [4.69, 9.17) is 21.6 Å². The van der Waals surface area contributed by atoms with E-state index in [1.807, 2.05) is 37.3 Å². The smallest absolute Gasteiger partial charge is 0.136 e. The van der Waals surface area contributed by atoms with E-state index in [-0.39, 0.29) is 0 Å². The Morgan fingerprint density at radius 2 is 2.10 bits per heavy atom. The summed E-state index contributed by atoms with van der Waals surface area (Å²) in [6, 6.07) is 13.4. The molecule has 0 aliphatic heterocycles. The number of hydrogen-bond donors (Lipinski definition) is 1. The van der Waals surface area contributed by atoms with E-state index in [1.165, 1.54) is 0 Å². The first-order valence-electron chi connectivity index (χ1n) is 6.21. The molecule has 0 heterocycles. The zero-order valence-corrected chi connectivity index (χ0v) is 12.2. The van der Waals surface area contributed by atoms with Crippen LogP contribution in [0.2, 0.25) is 5.02 Å². The van der Waals surface area contributed by atoms with Crippen LogP contribution in [0.15, 0.2) is 36.4 Å². The van der Waals surface area contributed by atoms with Gasteiger partial charge in [-0.15, -0.1) is 0 Å². The van der Waals surface area contributed by atoms with Crippen LogP contribution in [0.5, 0.6) is 5.75 Å². The first kappa shape index (κ1) is 14.2.